The van der Waals surface area contributed by atoms with Crippen LogP contribution >= 0.6 is 0 Å². The molecule has 108 valence electrons. The fraction of sp³-hybridized carbons (Fsp3) is 0.167. The number of anilines is 1. The van der Waals surface area contributed by atoms with Gasteiger partial charge in [0.05, 0.1) is 6.10 Å². The molecule has 0 fully saturated rings. The molecular weight excluding hydrogens is 262 g/mol. The van der Waals surface area contributed by atoms with Gasteiger partial charge in [-0.1, -0.05) is 30.3 Å². The highest BCUT2D eigenvalue weighted by Crippen LogP contribution is 2.17. The lowest BCUT2D eigenvalue weighted by Crippen LogP contribution is -2.08. The third-order valence-electron chi connectivity index (χ3n) is 2.72. The van der Waals surface area contributed by atoms with Gasteiger partial charge in [0.2, 0.25) is 5.91 Å². The second-order valence-electron chi connectivity index (χ2n) is 4.92. The van der Waals surface area contributed by atoms with E-state index in [2.05, 4.69) is 5.32 Å². The number of ether oxygens (including phenoxy) is 1. The van der Waals surface area contributed by atoms with Crippen molar-refractivity contribution in [2.75, 3.05) is 5.32 Å². The number of nitrogens with one attached hydrogen (secondary N) is 1. The van der Waals surface area contributed by atoms with Crippen LogP contribution < -0.4 is 10.1 Å². The minimum absolute atomic E-state index is 0.138. The van der Waals surface area contributed by atoms with Gasteiger partial charge in [0.25, 0.3) is 0 Å². The number of amides is 1. The summed E-state index contributed by atoms with van der Waals surface area (Å²) in [6, 6.07) is 17.0. The van der Waals surface area contributed by atoms with E-state index in [0.29, 0.717) is 0 Å². The van der Waals surface area contributed by atoms with Crippen LogP contribution in [0.4, 0.5) is 5.69 Å². The van der Waals surface area contributed by atoms with Crippen molar-refractivity contribution in [2.24, 2.45) is 0 Å². The second kappa shape index (κ2) is 7.29. The van der Waals surface area contributed by atoms with Crippen LogP contribution in [0, 0.1) is 0 Å². The Morgan fingerprint density at radius 2 is 1.71 bits per heavy atom. The Morgan fingerprint density at radius 1 is 1.05 bits per heavy atom. The van der Waals surface area contributed by atoms with Crippen LogP contribution in [0.15, 0.2) is 60.7 Å². The number of rotatable bonds is 5. The monoisotopic (exact) mass is 281 g/mol. The molecule has 0 unspecified atom stereocenters. The zero-order chi connectivity index (χ0) is 15.1. The van der Waals surface area contributed by atoms with Gasteiger partial charge in [0, 0.05) is 11.8 Å². The molecule has 0 aliphatic heterocycles. The van der Waals surface area contributed by atoms with Gasteiger partial charge in [-0.15, -0.1) is 0 Å². The molecule has 0 atom stereocenters. The highest BCUT2D eigenvalue weighted by Gasteiger charge is 2.00. The molecule has 1 amide bonds. The van der Waals surface area contributed by atoms with Gasteiger partial charge in [-0.25, -0.2) is 0 Å². The minimum Gasteiger partial charge on any atom is -0.491 e. The van der Waals surface area contributed by atoms with Crippen LogP contribution in [-0.4, -0.2) is 12.0 Å². The molecule has 2 aromatic rings. The Balaban J connectivity index is 1.92. The SMILES string of the molecule is CC(C)Oc1ccc(NC(=O)C=Cc2ccccc2)cc1. The van der Waals surface area contributed by atoms with Crippen LogP contribution in [0.25, 0.3) is 6.08 Å². The maximum atomic E-state index is 11.8. The third kappa shape index (κ3) is 5.15. The molecular formula is C18H19NO2. The van der Waals surface area contributed by atoms with E-state index in [1.54, 1.807) is 6.08 Å². The van der Waals surface area contributed by atoms with Gasteiger partial charge in [-0.3, -0.25) is 4.79 Å². The molecule has 2 rings (SSSR count). The van der Waals surface area contributed by atoms with Crippen LogP contribution in [0.2, 0.25) is 0 Å². The standard InChI is InChI=1S/C18H19NO2/c1-14(2)21-17-11-9-16(10-12-17)19-18(20)13-8-15-6-4-3-5-7-15/h3-14H,1-2H3,(H,19,20). The number of benzene rings is 2. The van der Waals surface area contributed by atoms with Crippen molar-refractivity contribution < 1.29 is 9.53 Å². The molecule has 1 N–H and O–H groups in total. The predicted octanol–water partition coefficient (Wildman–Crippen LogP) is 4.13. The Labute approximate surface area is 125 Å². The van der Waals surface area contributed by atoms with Crippen LogP contribution in [-0.2, 0) is 4.79 Å². The fourth-order valence-corrected chi connectivity index (χ4v) is 1.81. The zero-order valence-corrected chi connectivity index (χ0v) is 12.2. The van der Waals surface area contributed by atoms with Crippen molar-refractivity contribution in [2.45, 2.75) is 20.0 Å². The second-order valence-corrected chi connectivity index (χ2v) is 4.92. The first-order valence-electron chi connectivity index (χ1n) is 6.94. The summed E-state index contributed by atoms with van der Waals surface area (Å²) >= 11 is 0. The van der Waals surface area contributed by atoms with Crippen LogP contribution in [0.5, 0.6) is 5.75 Å². The quantitative estimate of drug-likeness (QED) is 0.837. The van der Waals surface area contributed by atoms with Crippen molar-refractivity contribution in [3.8, 4) is 5.75 Å². The van der Waals surface area contributed by atoms with Gasteiger partial charge < -0.3 is 10.1 Å². The molecule has 0 aromatic heterocycles. The minimum atomic E-state index is -0.156. The first-order valence-corrected chi connectivity index (χ1v) is 6.94. The first kappa shape index (κ1) is 14.9. The van der Waals surface area contributed by atoms with Crippen molar-refractivity contribution in [3.05, 3.63) is 66.2 Å². The number of carbonyl (C=O) groups excluding carboxylic acids is 1. The maximum Gasteiger partial charge on any atom is 0.248 e. The lowest BCUT2D eigenvalue weighted by molar-refractivity contribution is -0.111. The molecule has 0 radical (unpaired) electrons. The molecule has 0 heterocycles. The molecule has 3 nitrogen and oxygen atoms in total. The van der Waals surface area contributed by atoms with E-state index in [4.69, 9.17) is 4.74 Å². The average molecular weight is 281 g/mol. The van der Waals surface area contributed by atoms with Crippen LogP contribution in [0.1, 0.15) is 19.4 Å². The molecule has 0 bridgehead atoms. The van der Waals surface area contributed by atoms with E-state index < -0.39 is 0 Å². The molecule has 2 aromatic carbocycles. The topological polar surface area (TPSA) is 38.3 Å². The molecule has 0 spiro atoms. The van der Waals surface area contributed by atoms with Crippen molar-refractivity contribution in [1.82, 2.24) is 0 Å². The molecule has 21 heavy (non-hydrogen) atoms. The maximum absolute atomic E-state index is 11.8. The fourth-order valence-electron chi connectivity index (χ4n) is 1.81. The summed E-state index contributed by atoms with van der Waals surface area (Å²) in [6.07, 6.45) is 3.44. The van der Waals surface area contributed by atoms with E-state index in [9.17, 15) is 4.79 Å². The predicted molar refractivity (Wildman–Crippen MR) is 86.3 cm³/mol. The Hall–Kier alpha value is -2.55. The van der Waals surface area contributed by atoms with Crippen LogP contribution in [0.3, 0.4) is 0 Å². The van der Waals surface area contributed by atoms with Crippen molar-refractivity contribution in [3.63, 3.8) is 0 Å². The smallest absolute Gasteiger partial charge is 0.248 e. The summed E-state index contributed by atoms with van der Waals surface area (Å²) in [5.74, 6) is 0.638. The zero-order valence-electron chi connectivity index (χ0n) is 12.2. The Morgan fingerprint density at radius 3 is 2.33 bits per heavy atom. The van der Waals surface area contributed by atoms with Crippen molar-refractivity contribution in [1.29, 1.82) is 0 Å². The highest BCUT2D eigenvalue weighted by atomic mass is 16.5. The van der Waals surface area contributed by atoms with E-state index in [1.165, 1.54) is 6.08 Å². The van der Waals surface area contributed by atoms with E-state index in [1.807, 2.05) is 68.4 Å². The van der Waals surface area contributed by atoms with E-state index in [-0.39, 0.29) is 12.0 Å². The molecule has 3 heteroatoms. The van der Waals surface area contributed by atoms with Gasteiger partial charge in [-0.2, -0.15) is 0 Å². The highest BCUT2D eigenvalue weighted by molar-refractivity contribution is 6.01. The summed E-state index contributed by atoms with van der Waals surface area (Å²) < 4.78 is 5.55. The summed E-state index contributed by atoms with van der Waals surface area (Å²) in [5.41, 5.74) is 1.74. The summed E-state index contributed by atoms with van der Waals surface area (Å²) in [4.78, 5) is 11.8. The van der Waals surface area contributed by atoms with E-state index >= 15 is 0 Å². The number of hydrogen-bond acceptors (Lipinski definition) is 2. The summed E-state index contributed by atoms with van der Waals surface area (Å²) in [6.45, 7) is 3.95. The van der Waals surface area contributed by atoms with Gasteiger partial charge in [0.1, 0.15) is 5.75 Å². The normalized spacial score (nSPS) is 10.8. The molecule has 0 saturated heterocycles. The average Bonchev–Trinajstić information content (AvgIpc) is 2.48. The van der Waals surface area contributed by atoms with E-state index in [0.717, 1.165) is 17.0 Å². The van der Waals surface area contributed by atoms with Gasteiger partial charge in [-0.05, 0) is 49.8 Å². The molecule has 0 aliphatic carbocycles. The molecule has 0 saturated carbocycles. The molecule has 0 aliphatic rings. The number of carbonyl (C=O) groups is 1. The van der Waals surface area contributed by atoms with Gasteiger partial charge in [0.15, 0.2) is 0 Å². The largest absolute Gasteiger partial charge is 0.491 e. The number of hydrogen-bond donors (Lipinski definition) is 1. The Bertz CT molecular complexity index is 601. The van der Waals surface area contributed by atoms with Crippen molar-refractivity contribution >= 4 is 17.7 Å². The summed E-state index contributed by atoms with van der Waals surface area (Å²) in [5, 5.41) is 2.81. The van der Waals surface area contributed by atoms with Gasteiger partial charge >= 0.3 is 0 Å². The third-order valence-corrected chi connectivity index (χ3v) is 2.72. The lowest BCUT2D eigenvalue weighted by Gasteiger charge is -2.10. The Kier molecular flexibility index (Phi) is 5.16. The summed E-state index contributed by atoms with van der Waals surface area (Å²) in [7, 11) is 0. The lowest BCUT2D eigenvalue weighted by atomic mass is 10.2. The first-order chi connectivity index (χ1) is 10.1.